The van der Waals surface area contributed by atoms with Crippen LogP contribution in [0.15, 0.2) is 30.3 Å². The average molecular weight is 176 g/mol. The largest absolute Gasteiger partial charge is 0.465 e. The summed E-state index contributed by atoms with van der Waals surface area (Å²) in [5, 5.41) is 19.2. The lowest BCUT2D eigenvalue weighted by molar-refractivity contribution is 0.192. The fourth-order valence-corrected chi connectivity index (χ4v) is 0.959. The Bertz CT molecular complexity index is 329. The first-order valence-corrected chi connectivity index (χ1v) is 3.68. The van der Waals surface area contributed by atoms with Crippen LogP contribution in [0.4, 0.5) is 4.79 Å². The van der Waals surface area contributed by atoms with Crippen molar-refractivity contribution >= 4 is 6.09 Å². The summed E-state index contributed by atoms with van der Waals surface area (Å²) in [7, 11) is 0. The second-order valence-electron chi connectivity index (χ2n) is 2.42. The summed E-state index contributed by atoms with van der Waals surface area (Å²) in [6.07, 6.45) is -1.20. The molecule has 1 rings (SSSR count). The number of carbonyl (C=O) groups is 1. The molecule has 13 heavy (non-hydrogen) atoms. The normalized spacial score (nSPS) is 11.3. The third-order valence-corrected chi connectivity index (χ3v) is 1.53. The van der Waals surface area contributed by atoms with Crippen LogP contribution < -0.4 is 5.32 Å². The summed E-state index contributed by atoms with van der Waals surface area (Å²) in [5.41, 5.74) is 0.646. The third-order valence-electron chi connectivity index (χ3n) is 1.53. The predicted molar refractivity (Wildman–Crippen MR) is 46.0 cm³/mol. The number of hydrogen-bond donors (Lipinski definition) is 2. The molecule has 0 fully saturated rings. The summed E-state index contributed by atoms with van der Waals surface area (Å²) >= 11 is 0. The van der Waals surface area contributed by atoms with E-state index in [9.17, 15) is 4.79 Å². The van der Waals surface area contributed by atoms with Crippen LogP contribution in [0.25, 0.3) is 0 Å². The smallest absolute Gasteiger partial charge is 0.405 e. The minimum atomic E-state index is -1.20. The van der Waals surface area contributed by atoms with Crippen molar-refractivity contribution in [2.45, 2.75) is 6.04 Å². The van der Waals surface area contributed by atoms with Gasteiger partial charge in [0, 0.05) is 0 Å². The predicted octanol–water partition coefficient (Wildman–Crippen LogP) is 1.52. The Kier molecular flexibility index (Phi) is 2.87. The SMILES string of the molecule is N#C[C@H](NC(=O)O)c1ccccc1. The first-order chi connectivity index (χ1) is 6.24. The van der Waals surface area contributed by atoms with Crippen LogP contribution in [-0.2, 0) is 0 Å². The molecule has 66 valence electrons. The van der Waals surface area contributed by atoms with Gasteiger partial charge in [-0.2, -0.15) is 5.26 Å². The Hall–Kier alpha value is -2.02. The molecule has 0 bridgehead atoms. The molecule has 0 aliphatic carbocycles. The van der Waals surface area contributed by atoms with Gasteiger partial charge in [0.2, 0.25) is 0 Å². The standard InChI is InChI=1S/C9H8N2O2/c10-6-8(11-9(12)13)7-4-2-1-3-5-7/h1-5,8,11H,(H,12,13)/t8-/m0/s1. The van der Waals surface area contributed by atoms with Crippen LogP contribution in [0.2, 0.25) is 0 Å². The van der Waals surface area contributed by atoms with Gasteiger partial charge in [-0.1, -0.05) is 30.3 Å². The molecule has 0 heterocycles. The number of benzene rings is 1. The Labute approximate surface area is 75.4 Å². The van der Waals surface area contributed by atoms with E-state index in [1.165, 1.54) is 0 Å². The van der Waals surface area contributed by atoms with Crippen molar-refractivity contribution in [1.29, 1.82) is 5.26 Å². The molecular formula is C9H8N2O2. The third kappa shape index (κ3) is 2.49. The summed E-state index contributed by atoms with van der Waals surface area (Å²) in [5.74, 6) is 0. The number of nitriles is 1. The molecule has 4 heteroatoms. The zero-order valence-corrected chi connectivity index (χ0v) is 6.77. The zero-order chi connectivity index (χ0) is 9.68. The van der Waals surface area contributed by atoms with Crippen molar-refractivity contribution in [3.63, 3.8) is 0 Å². The lowest BCUT2D eigenvalue weighted by Gasteiger charge is -2.07. The van der Waals surface area contributed by atoms with Gasteiger partial charge in [0.1, 0.15) is 6.04 Å². The molecule has 0 saturated heterocycles. The van der Waals surface area contributed by atoms with Crippen LogP contribution in [0.5, 0.6) is 0 Å². The van der Waals surface area contributed by atoms with E-state index in [4.69, 9.17) is 10.4 Å². The van der Waals surface area contributed by atoms with Crippen LogP contribution in [0, 0.1) is 11.3 Å². The molecule has 0 unspecified atom stereocenters. The lowest BCUT2D eigenvalue weighted by atomic mass is 10.1. The van der Waals surface area contributed by atoms with Crippen molar-refractivity contribution < 1.29 is 9.90 Å². The molecule has 1 amide bonds. The summed E-state index contributed by atoms with van der Waals surface area (Å²) in [4.78, 5) is 10.3. The van der Waals surface area contributed by atoms with Crippen LogP contribution >= 0.6 is 0 Å². The van der Waals surface area contributed by atoms with Gasteiger partial charge in [0.25, 0.3) is 0 Å². The van der Waals surface area contributed by atoms with E-state index in [1.807, 2.05) is 6.07 Å². The highest BCUT2D eigenvalue weighted by Crippen LogP contribution is 2.10. The number of rotatable bonds is 2. The summed E-state index contributed by atoms with van der Waals surface area (Å²) in [6.45, 7) is 0. The average Bonchev–Trinajstić information content (AvgIpc) is 2.15. The zero-order valence-electron chi connectivity index (χ0n) is 6.77. The molecule has 0 aromatic heterocycles. The molecule has 0 aliphatic rings. The van der Waals surface area contributed by atoms with Gasteiger partial charge in [-0.25, -0.2) is 4.79 Å². The molecule has 2 N–H and O–H groups in total. The van der Waals surface area contributed by atoms with E-state index < -0.39 is 12.1 Å². The van der Waals surface area contributed by atoms with E-state index in [0.717, 1.165) is 0 Å². The molecule has 1 atom stereocenters. The van der Waals surface area contributed by atoms with Crippen molar-refractivity contribution in [3.05, 3.63) is 35.9 Å². The van der Waals surface area contributed by atoms with Gasteiger partial charge >= 0.3 is 6.09 Å². The number of amides is 1. The fraction of sp³-hybridized carbons (Fsp3) is 0.111. The quantitative estimate of drug-likeness (QED) is 0.717. The number of hydrogen-bond acceptors (Lipinski definition) is 2. The van der Waals surface area contributed by atoms with Crippen molar-refractivity contribution in [1.82, 2.24) is 5.32 Å². The molecule has 0 radical (unpaired) electrons. The monoisotopic (exact) mass is 176 g/mol. The Morgan fingerprint density at radius 1 is 1.46 bits per heavy atom. The van der Waals surface area contributed by atoms with Gasteiger partial charge in [-0.3, -0.25) is 0 Å². The highest BCUT2D eigenvalue weighted by molar-refractivity contribution is 5.65. The van der Waals surface area contributed by atoms with E-state index in [-0.39, 0.29) is 0 Å². The summed E-state index contributed by atoms with van der Waals surface area (Å²) < 4.78 is 0. The second kappa shape index (κ2) is 4.12. The first kappa shape index (κ1) is 9.07. The van der Waals surface area contributed by atoms with E-state index in [2.05, 4.69) is 5.32 Å². The summed E-state index contributed by atoms with van der Waals surface area (Å²) in [6, 6.07) is 9.77. The van der Waals surface area contributed by atoms with E-state index in [0.29, 0.717) is 5.56 Å². The van der Waals surface area contributed by atoms with E-state index in [1.54, 1.807) is 30.3 Å². The fourth-order valence-electron chi connectivity index (χ4n) is 0.959. The molecule has 1 aromatic carbocycles. The minimum Gasteiger partial charge on any atom is -0.465 e. The second-order valence-corrected chi connectivity index (χ2v) is 2.42. The van der Waals surface area contributed by atoms with Gasteiger partial charge in [0.15, 0.2) is 0 Å². The highest BCUT2D eigenvalue weighted by atomic mass is 16.4. The molecule has 0 saturated carbocycles. The molecule has 0 aliphatic heterocycles. The molecular weight excluding hydrogens is 168 g/mol. The molecule has 1 aromatic rings. The number of carboxylic acid groups (broad SMARTS) is 1. The number of nitrogens with zero attached hydrogens (tertiary/aromatic N) is 1. The van der Waals surface area contributed by atoms with Crippen LogP contribution in [-0.4, -0.2) is 11.2 Å². The first-order valence-electron chi connectivity index (χ1n) is 3.68. The number of nitrogens with one attached hydrogen (secondary N) is 1. The molecule has 4 nitrogen and oxygen atoms in total. The highest BCUT2D eigenvalue weighted by Gasteiger charge is 2.11. The van der Waals surface area contributed by atoms with Crippen LogP contribution in [0.1, 0.15) is 11.6 Å². The van der Waals surface area contributed by atoms with Gasteiger partial charge in [-0.05, 0) is 5.56 Å². The maximum atomic E-state index is 10.3. The van der Waals surface area contributed by atoms with Crippen molar-refractivity contribution in [3.8, 4) is 6.07 Å². The minimum absolute atomic E-state index is 0.646. The van der Waals surface area contributed by atoms with Crippen molar-refractivity contribution in [2.24, 2.45) is 0 Å². The van der Waals surface area contributed by atoms with Gasteiger partial charge in [-0.15, -0.1) is 0 Å². The van der Waals surface area contributed by atoms with Crippen molar-refractivity contribution in [2.75, 3.05) is 0 Å². The topological polar surface area (TPSA) is 73.1 Å². The Morgan fingerprint density at radius 2 is 2.08 bits per heavy atom. The van der Waals surface area contributed by atoms with E-state index >= 15 is 0 Å². The van der Waals surface area contributed by atoms with Gasteiger partial charge < -0.3 is 10.4 Å². The lowest BCUT2D eigenvalue weighted by Crippen LogP contribution is -2.25. The Balaban J connectivity index is 2.80. The van der Waals surface area contributed by atoms with Gasteiger partial charge in [0.05, 0.1) is 6.07 Å². The Morgan fingerprint density at radius 3 is 2.54 bits per heavy atom. The maximum Gasteiger partial charge on any atom is 0.405 e. The molecule has 0 spiro atoms. The maximum absolute atomic E-state index is 10.3. The van der Waals surface area contributed by atoms with Crippen LogP contribution in [0.3, 0.4) is 0 Å².